The lowest BCUT2D eigenvalue weighted by molar-refractivity contribution is -0.124. The van der Waals surface area contributed by atoms with E-state index in [1.54, 1.807) is 18.2 Å². The van der Waals surface area contributed by atoms with Gasteiger partial charge in [-0.2, -0.15) is 0 Å². The predicted octanol–water partition coefficient (Wildman–Crippen LogP) is 3.66. The van der Waals surface area contributed by atoms with Crippen molar-refractivity contribution < 1.29 is 9.53 Å². The fourth-order valence-electron chi connectivity index (χ4n) is 4.01. The van der Waals surface area contributed by atoms with E-state index in [1.807, 2.05) is 6.07 Å². The molecule has 1 amide bonds. The molecule has 1 aromatic rings. The Kier molecular flexibility index (Phi) is 4.39. The Morgan fingerprint density at radius 2 is 2.29 bits per heavy atom. The summed E-state index contributed by atoms with van der Waals surface area (Å²) in [4.78, 5) is 12.0. The van der Waals surface area contributed by atoms with Gasteiger partial charge in [-0.25, -0.2) is 0 Å². The molecule has 0 radical (unpaired) electrons. The van der Waals surface area contributed by atoms with Crippen molar-refractivity contribution in [3.05, 3.63) is 29.3 Å². The lowest BCUT2D eigenvalue weighted by Crippen LogP contribution is -2.42. The smallest absolute Gasteiger partial charge is 0.258 e. The number of ether oxygens (including phenoxy) is 1. The number of halogens is 1. The molecule has 114 valence electrons. The van der Waals surface area contributed by atoms with Crippen LogP contribution >= 0.6 is 11.6 Å². The summed E-state index contributed by atoms with van der Waals surface area (Å²) in [5, 5.41) is 3.71. The molecule has 3 nitrogen and oxygen atoms in total. The fraction of sp³-hybridized carbons (Fsp3) is 0.588. The van der Waals surface area contributed by atoms with Gasteiger partial charge in [-0.1, -0.05) is 24.1 Å². The van der Waals surface area contributed by atoms with Crippen molar-refractivity contribution in [1.82, 2.24) is 5.32 Å². The summed E-state index contributed by atoms with van der Waals surface area (Å²) in [6.45, 7) is 2.17. The first-order chi connectivity index (χ1) is 10.1. The van der Waals surface area contributed by atoms with Crippen LogP contribution in [0.1, 0.15) is 32.6 Å². The number of benzene rings is 1. The van der Waals surface area contributed by atoms with Crippen LogP contribution in [0.2, 0.25) is 5.02 Å². The van der Waals surface area contributed by atoms with Crippen molar-refractivity contribution in [3.63, 3.8) is 0 Å². The third-order valence-corrected chi connectivity index (χ3v) is 5.22. The third-order valence-electron chi connectivity index (χ3n) is 4.99. The zero-order valence-electron chi connectivity index (χ0n) is 12.3. The molecule has 2 aliphatic carbocycles. The number of carbonyl (C=O) groups is 1. The first-order valence-electron chi connectivity index (χ1n) is 7.79. The average molecular weight is 308 g/mol. The Bertz CT molecular complexity index is 519. The number of hydrogen-bond acceptors (Lipinski definition) is 2. The average Bonchev–Trinajstić information content (AvgIpc) is 3.08. The number of hydrogen-bond donors (Lipinski definition) is 1. The van der Waals surface area contributed by atoms with E-state index in [1.165, 1.54) is 25.7 Å². The van der Waals surface area contributed by atoms with Gasteiger partial charge in [0, 0.05) is 11.1 Å². The largest absolute Gasteiger partial charge is 0.484 e. The van der Waals surface area contributed by atoms with Crippen LogP contribution in [0, 0.1) is 17.8 Å². The number of nitrogens with one attached hydrogen (secondary N) is 1. The van der Waals surface area contributed by atoms with E-state index in [4.69, 9.17) is 16.3 Å². The summed E-state index contributed by atoms with van der Waals surface area (Å²) in [5.41, 5.74) is 0. The lowest BCUT2D eigenvalue weighted by Gasteiger charge is -2.28. The molecular weight excluding hydrogens is 286 g/mol. The molecular formula is C17H22ClNO2. The fourth-order valence-corrected chi connectivity index (χ4v) is 4.19. The van der Waals surface area contributed by atoms with Crippen molar-refractivity contribution in [2.24, 2.45) is 17.8 Å². The van der Waals surface area contributed by atoms with Crippen LogP contribution in [0.5, 0.6) is 5.75 Å². The maximum Gasteiger partial charge on any atom is 0.258 e. The summed E-state index contributed by atoms with van der Waals surface area (Å²) in [6, 6.07) is 7.36. The number of amides is 1. The SMILES string of the molecule is CC(NC(=O)COc1cccc(Cl)c1)C1CC2CCC1C2. The van der Waals surface area contributed by atoms with Crippen molar-refractivity contribution in [2.75, 3.05) is 6.61 Å². The highest BCUT2D eigenvalue weighted by Crippen LogP contribution is 2.49. The molecule has 0 aliphatic heterocycles. The maximum atomic E-state index is 12.0. The Balaban J connectivity index is 1.46. The molecule has 1 aromatic carbocycles. The number of fused-ring (bicyclic) bond motifs is 2. The van der Waals surface area contributed by atoms with Crippen LogP contribution in [0.4, 0.5) is 0 Å². The van der Waals surface area contributed by atoms with Gasteiger partial charge in [0.1, 0.15) is 5.75 Å². The Hall–Kier alpha value is -1.22. The second-order valence-corrected chi connectivity index (χ2v) is 6.88. The van der Waals surface area contributed by atoms with Crippen molar-refractivity contribution in [1.29, 1.82) is 0 Å². The van der Waals surface area contributed by atoms with E-state index in [0.29, 0.717) is 16.7 Å². The van der Waals surface area contributed by atoms with E-state index >= 15 is 0 Å². The Morgan fingerprint density at radius 3 is 2.95 bits per heavy atom. The zero-order chi connectivity index (χ0) is 14.8. The molecule has 2 fully saturated rings. The van der Waals surface area contributed by atoms with Crippen LogP contribution in [-0.2, 0) is 4.79 Å². The molecule has 2 bridgehead atoms. The second kappa shape index (κ2) is 6.27. The van der Waals surface area contributed by atoms with Crippen LogP contribution in [0.3, 0.4) is 0 Å². The van der Waals surface area contributed by atoms with Gasteiger partial charge in [0.25, 0.3) is 5.91 Å². The van der Waals surface area contributed by atoms with E-state index in [0.717, 1.165) is 11.8 Å². The van der Waals surface area contributed by atoms with Crippen LogP contribution in [-0.4, -0.2) is 18.6 Å². The first kappa shape index (κ1) is 14.7. The molecule has 0 saturated heterocycles. The van der Waals surface area contributed by atoms with Crippen LogP contribution in [0.25, 0.3) is 0 Å². The third kappa shape index (κ3) is 3.52. The minimum atomic E-state index is -0.0507. The minimum absolute atomic E-state index is 0.0471. The highest BCUT2D eigenvalue weighted by molar-refractivity contribution is 6.30. The molecule has 2 saturated carbocycles. The second-order valence-electron chi connectivity index (χ2n) is 6.44. The van der Waals surface area contributed by atoms with E-state index < -0.39 is 0 Å². The summed E-state index contributed by atoms with van der Waals surface area (Å²) in [5.74, 6) is 2.95. The number of carbonyl (C=O) groups excluding carboxylic acids is 1. The minimum Gasteiger partial charge on any atom is -0.484 e. The van der Waals surface area contributed by atoms with Crippen LogP contribution < -0.4 is 10.1 Å². The molecule has 4 unspecified atom stereocenters. The van der Waals surface area contributed by atoms with Gasteiger partial charge in [0.05, 0.1) is 0 Å². The van der Waals surface area contributed by atoms with Crippen LogP contribution in [0.15, 0.2) is 24.3 Å². The summed E-state index contributed by atoms with van der Waals surface area (Å²) in [6.07, 6.45) is 5.37. The summed E-state index contributed by atoms with van der Waals surface area (Å²) < 4.78 is 5.48. The van der Waals surface area contributed by atoms with Crippen molar-refractivity contribution in [3.8, 4) is 5.75 Å². The standard InChI is InChI=1S/C17H22ClNO2/c1-11(16-8-12-5-6-13(16)7-12)19-17(20)10-21-15-4-2-3-14(18)9-15/h2-4,9,11-13,16H,5-8,10H2,1H3,(H,19,20). The maximum absolute atomic E-state index is 12.0. The van der Waals surface area contributed by atoms with Gasteiger partial charge < -0.3 is 10.1 Å². The molecule has 4 heteroatoms. The zero-order valence-corrected chi connectivity index (χ0v) is 13.1. The Labute approximate surface area is 131 Å². The van der Waals surface area contributed by atoms with Gasteiger partial charge in [-0.15, -0.1) is 0 Å². The van der Waals surface area contributed by atoms with E-state index in [2.05, 4.69) is 12.2 Å². The normalized spacial score (nSPS) is 28.4. The Morgan fingerprint density at radius 1 is 1.43 bits per heavy atom. The molecule has 0 aromatic heterocycles. The topological polar surface area (TPSA) is 38.3 Å². The quantitative estimate of drug-likeness (QED) is 0.901. The molecule has 4 atom stereocenters. The highest BCUT2D eigenvalue weighted by atomic mass is 35.5. The summed E-state index contributed by atoms with van der Waals surface area (Å²) in [7, 11) is 0. The van der Waals surface area contributed by atoms with Gasteiger partial charge >= 0.3 is 0 Å². The van der Waals surface area contributed by atoms with Crippen molar-refractivity contribution in [2.45, 2.75) is 38.6 Å². The molecule has 3 rings (SSSR count). The molecule has 1 N–H and O–H groups in total. The molecule has 21 heavy (non-hydrogen) atoms. The first-order valence-corrected chi connectivity index (χ1v) is 8.17. The molecule has 2 aliphatic rings. The monoisotopic (exact) mass is 307 g/mol. The summed E-state index contributed by atoms with van der Waals surface area (Å²) >= 11 is 5.89. The van der Waals surface area contributed by atoms with E-state index in [-0.39, 0.29) is 18.6 Å². The van der Waals surface area contributed by atoms with Gasteiger partial charge in [-0.3, -0.25) is 4.79 Å². The molecule has 0 spiro atoms. The van der Waals surface area contributed by atoms with Gasteiger partial charge in [0.2, 0.25) is 0 Å². The van der Waals surface area contributed by atoms with Crippen molar-refractivity contribution >= 4 is 17.5 Å². The predicted molar refractivity (Wildman–Crippen MR) is 83.5 cm³/mol. The van der Waals surface area contributed by atoms with Gasteiger partial charge in [-0.05, 0) is 62.1 Å². The lowest BCUT2D eigenvalue weighted by atomic mass is 9.84. The molecule has 0 heterocycles. The van der Waals surface area contributed by atoms with Gasteiger partial charge in [0.15, 0.2) is 6.61 Å². The number of rotatable bonds is 5. The highest BCUT2D eigenvalue weighted by Gasteiger charge is 2.42. The van der Waals surface area contributed by atoms with E-state index in [9.17, 15) is 4.79 Å².